The number of H-pyrrole nitrogens is 1. The number of ether oxygens (including phenoxy) is 1. The Balaban J connectivity index is 2.18. The maximum absolute atomic E-state index is 12.6. The van der Waals surface area contributed by atoms with Crippen molar-refractivity contribution in [1.29, 1.82) is 0 Å². The van der Waals surface area contributed by atoms with Gasteiger partial charge in [0.25, 0.3) is 0 Å². The summed E-state index contributed by atoms with van der Waals surface area (Å²) in [6.07, 6.45) is 0.428. The van der Waals surface area contributed by atoms with Crippen LogP contribution in [0.3, 0.4) is 0 Å². The predicted octanol–water partition coefficient (Wildman–Crippen LogP) is 1.02. The molecule has 0 aliphatic heterocycles. The fourth-order valence-corrected chi connectivity index (χ4v) is 3.98. The van der Waals surface area contributed by atoms with E-state index in [0.29, 0.717) is 17.9 Å². The molecule has 2 aromatic rings. The van der Waals surface area contributed by atoms with Gasteiger partial charge in [0.2, 0.25) is 5.91 Å². The maximum Gasteiger partial charge on any atom is 0.408 e. The lowest BCUT2D eigenvalue weighted by Crippen LogP contribution is -2.48. The third-order valence-corrected chi connectivity index (χ3v) is 7.35. The zero-order valence-electron chi connectivity index (χ0n) is 15.5. The van der Waals surface area contributed by atoms with Crippen molar-refractivity contribution in [3.05, 3.63) is 24.3 Å². The average molecular weight is 382 g/mol. The summed E-state index contributed by atoms with van der Waals surface area (Å²) >= 11 is 0. The van der Waals surface area contributed by atoms with E-state index < -0.39 is 25.7 Å². The van der Waals surface area contributed by atoms with E-state index in [1.165, 1.54) is 18.6 Å². The topological polar surface area (TPSA) is 118 Å². The summed E-state index contributed by atoms with van der Waals surface area (Å²) < 4.78 is 28.6. The second-order valence-corrected chi connectivity index (χ2v) is 9.29. The number of methoxy groups -OCH3 is 1. The molecule has 1 aromatic carbocycles. The third-order valence-electron chi connectivity index (χ3n) is 4.35. The average Bonchev–Trinajstić information content (AvgIpc) is 3.09. The molecule has 1 aromatic heterocycles. The van der Waals surface area contributed by atoms with Crippen LogP contribution in [0.5, 0.6) is 5.75 Å². The van der Waals surface area contributed by atoms with Crippen LogP contribution >= 0.6 is 0 Å². The highest BCUT2D eigenvalue weighted by molar-refractivity contribution is 7.94. The first-order valence-corrected chi connectivity index (χ1v) is 9.72. The highest BCUT2D eigenvalue weighted by Crippen LogP contribution is 2.24. The smallest absolute Gasteiger partial charge is 0.408 e. The van der Waals surface area contributed by atoms with Gasteiger partial charge in [-0.05, 0) is 61.5 Å². The molecule has 0 bridgehead atoms. The molecule has 2 N–H and O–H groups in total. The first-order chi connectivity index (χ1) is 12.1. The van der Waals surface area contributed by atoms with Crippen LogP contribution in [0.15, 0.2) is 24.3 Å². The van der Waals surface area contributed by atoms with Gasteiger partial charge in [-0.15, -0.1) is 0 Å². The molecule has 142 valence electrons. The number of tetrazole rings is 1. The van der Waals surface area contributed by atoms with Crippen LogP contribution < -0.4 is 14.9 Å². The number of anilines is 1. The number of sulfone groups is 1. The number of hydrogen-bond acceptors (Lipinski definition) is 6. The van der Waals surface area contributed by atoms with Gasteiger partial charge in [-0.3, -0.25) is 10.1 Å². The van der Waals surface area contributed by atoms with Gasteiger partial charge in [0.05, 0.1) is 17.5 Å². The van der Waals surface area contributed by atoms with Crippen LogP contribution in [0.1, 0.15) is 34.1 Å². The summed E-state index contributed by atoms with van der Waals surface area (Å²) in [6, 6.07) is 7.02. The van der Waals surface area contributed by atoms with Crippen LogP contribution in [0.2, 0.25) is 0 Å². The first-order valence-electron chi connectivity index (χ1n) is 8.17. The Morgan fingerprint density at radius 1 is 1.35 bits per heavy atom. The fraction of sp³-hybridized carbons (Fsp3) is 0.500. The molecule has 0 saturated heterocycles. The van der Waals surface area contributed by atoms with Gasteiger partial charge < -0.3 is 4.74 Å². The van der Waals surface area contributed by atoms with Crippen molar-refractivity contribution in [2.75, 3.05) is 12.4 Å². The molecule has 2 rings (SSSR count). The van der Waals surface area contributed by atoms with E-state index in [0.717, 1.165) is 0 Å². The van der Waals surface area contributed by atoms with Gasteiger partial charge in [-0.1, -0.05) is 6.92 Å². The van der Waals surface area contributed by atoms with Crippen LogP contribution in [0, 0.1) is 0 Å². The molecule has 1 heterocycles. The summed E-state index contributed by atoms with van der Waals surface area (Å²) in [6.45, 7) is 6.13. The van der Waals surface area contributed by atoms with Crippen molar-refractivity contribution in [3.63, 3.8) is 0 Å². The van der Waals surface area contributed by atoms with Gasteiger partial charge in [0.1, 0.15) is 10.5 Å². The van der Waals surface area contributed by atoms with Crippen molar-refractivity contribution in [2.45, 2.75) is 44.1 Å². The number of benzene rings is 1. The summed E-state index contributed by atoms with van der Waals surface area (Å²) in [5.41, 5.74) is 0.672. The second kappa shape index (κ2) is 7.40. The van der Waals surface area contributed by atoms with E-state index >= 15 is 0 Å². The number of amides is 1. The third kappa shape index (κ3) is 3.69. The number of nitrogens with one attached hydrogen (secondary N) is 2. The molecule has 0 fully saturated rings. The Morgan fingerprint density at radius 3 is 2.50 bits per heavy atom. The van der Waals surface area contributed by atoms with Gasteiger partial charge in [0.15, 0.2) is 15.5 Å². The Bertz CT molecular complexity index is 874. The number of nitrogens with zero attached hydrogens (tertiary/aromatic N) is 3. The summed E-state index contributed by atoms with van der Waals surface area (Å²) in [4.78, 5) is 13.9. The number of rotatable bonds is 7. The Kier molecular flexibility index (Phi) is 5.65. The molecule has 0 radical (unpaired) electrons. The van der Waals surface area contributed by atoms with E-state index in [1.54, 1.807) is 45.2 Å². The molecule has 1 amide bonds. The minimum absolute atomic E-state index is 0.0155. The largest absolute Gasteiger partial charge is 0.497 e. The lowest BCUT2D eigenvalue weighted by atomic mass is 10.2. The number of aromatic amines is 1. The summed E-state index contributed by atoms with van der Waals surface area (Å²) in [5, 5.41) is 12.5. The van der Waals surface area contributed by atoms with Gasteiger partial charge >= 0.3 is 5.95 Å². The van der Waals surface area contributed by atoms with Crippen molar-refractivity contribution in [1.82, 2.24) is 15.4 Å². The molecule has 0 aliphatic rings. The number of carbonyl (C=O) groups excluding carboxylic acids is 1. The normalized spacial score (nSPS) is 13.3. The molecule has 1 atom stereocenters. The lowest BCUT2D eigenvalue weighted by Gasteiger charge is -2.25. The van der Waals surface area contributed by atoms with Crippen molar-refractivity contribution >= 4 is 21.7 Å². The highest BCUT2D eigenvalue weighted by Gasteiger charge is 2.45. The molecule has 26 heavy (non-hydrogen) atoms. The Morgan fingerprint density at radius 2 is 1.96 bits per heavy atom. The second-order valence-electron chi connectivity index (χ2n) is 6.37. The van der Waals surface area contributed by atoms with Gasteiger partial charge in [-0.2, -0.15) is 0 Å². The molecular weight excluding hydrogens is 358 g/mol. The molecule has 10 heteroatoms. The maximum atomic E-state index is 12.6. The van der Waals surface area contributed by atoms with Crippen LogP contribution in [0.25, 0.3) is 5.69 Å². The zero-order chi connectivity index (χ0) is 19.5. The van der Waals surface area contributed by atoms with Crippen LogP contribution in [-0.2, 0) is 14.6 Å². The van der Waals surface area contributed by atoms with E-state index in [-0.39, 0.29) is 5.95 Å². The minimum Gasteiger partial charge on any atom is -0.497 e. The van der Waals surface area contributed by atoms with E-state index in [4.69, 9.17) is 4.74 Å². The van der Waals surface area contributed by atoms with Crippen molar-refractivity contribution < 1.29 is 22.7 Å². The Hall–Kier alpha value is -2.49. The summed E-state index contributed by atoms with van der Waals surface area (Å²) in [7, 11) is -2.09. The number of hydrogen-bond donors (Lipinski definition) is 2. The van der Waals surface area contributed by atoms with Crippen LogP contribution in [0.4, 0.5) is 5.95 Å². The molecule has 0 unspecified atom stereocenters. The molecule has 0 spiro atoms. The van der Waals surface area contributed by atoms with E-state index in [9.17, 15) is 13.2 Å². The Labute approximate surface area is 152 Å². The van der Waals surface area contributed by atoms with Crippen molar-refractivity contribution in [2.24, 2.45) is 0 Å². The van der Waals surface area contributed by atoms with Crippen molar-refractivity contribution in [3.8, 4) is 11.4 Å². The lowest BCUT2D eigenvalue weighted by molar-refractivity contribution is -0.716. The van der Waals surface area contributed by atoms with E-state index in [1.807, 2.05) is 0 Å². The minimum atomic E-state index is -3.66. The molecular formula is C16H24N5O4S+. The van der Waals surface area contributed by atoms with E-state index in [2.05, 4.69) is 20.7 Å². The summed E-state index contributed by atoms with van der Waals surface area (Å²) in [5.74, 6) is -0.00341. The highest BCUT2D eigenvalue weighted by atomic mass is 32.2. The molecule has 0 aliphatic carbocycles. The molecule has 9 nitrogen and oxygen atoms in total. The molecule has 0 saturated carbocycles. The standard InChI is InChI=1S/C16H23N5O4S/c1-6-11(2)26(23,24)16(3,4)14(22)17-15-18-20-21(19-15)12-7-9-13(25-5)10-8-12/h7-11H,6H2,1-5H3,(H,17,19,22)/p+1/t11-/m0/s1. The first kappa shape index (κ1) is 19.8. The number of aromatic nitrogens is 4. The zero-order valence-corrected chi connectivity index (χ0v) is 16.3. The number of carbonyl (C=O) groups is 1. The SMILES string of the molecule is CC[C@H](C)S(=O)(=O)C(C)(C)C(=O)Nc1n[nH][n+](-c2ccc(OC)cc2)n1. The van der Waals surface area contributed by atoms with Gasteiger partial charge in [-0.25, -0.2) is 8.42 Å². The predicted molar refractivity (Wildman–Crippen MR) is 95.8 cm³/mol. The quantitative estimate of drug-likeness (QED) is 0.690. The van der Waals surface area contributed by atoms with Gasteiger partial charge in [0, 0.05) is 5.10 Å². The fourth-order valence-electron chi connectivity index (χ4n) is 2.23. The monoisotopic (exact) mass is 382 g/mol. The van der Waals surface area contributed by atoms with Crippen LogP contribution in [-0.4, -0.2) is 46.8 Å².